The van der Waals surface area contributed by atoms with Crippen LogP contribution in [-0.2, 0) is 19.4 Å². The van der Waals surface area contributed by atoms with E-state index in [2.05, 4.69) is 39.9 Å². The Balaban J connectivity index is 2.25. The van der Waals surface area contributed by atoms with Crippen LogP contribution < -0.4 is 5.73 Å². The first-order valence-corrected chi connectivity index (χ1v) is 8.15. The molecule has 0 spiro atoms. The van der Waals surface area contributed by atoms with Crippen LogP contribution >= 0.6 is 27.3 Å². The first kappa shape index (κ1) is 14.7. The van der Waals surface area contributed by atoms with Crippen molar-refractivity contribution < 1.29 is 0 Å². The van der Waals surface area contributed by atoms with Crippen molar-refractivity contribution in [1.82, 2.24) is 14.8 Å². The molecule has 2 aromatic rings. The molecule has 2 aromatic heterocycles. The fourth-order valence-electron chi connectivity index (χ4n) is 2.08. The van der Waals surface area contributed by atoms with Gasteiger partial charge in [-0.25, -0.2) is 4.98 Å². The molecular formula is C13H19BrN4S. The van der Waals surface area contributed by atoms with Crippen LogP contribution in [0.2, 0.25) is 0 Å². The molecule has 0 saturated heterocycles. The highest BCUT2D eigenvalue weighted by Gasteiger charge is 2.18. The van der Waals surface area contributed by atoms with Crippen molar-refractivity contribution in [3.05, 3.63) is 31.9 Å². The van der Waals surface area contributed by atoms with E-state index in [1.165, 1.54) is 0 Å². The summed E-state index contributed by atoms with van der Waals surface area (Å²) in [7, 11) is 0. The minimum atomic E-state index is -0.0760. The van der Waals surface area contributed by atoms with E-state index in [0.29, 0.717) is 0 Å². The summed E-state index contributed by atoms with van der Waals surface area (Å²) in [6, 6.07) is -0.0760. The Hall–Kier alpha value is -0.720. The number of aryl methyl sites for hydroxylation is 3. The minimum Gasteiger partial charge on any atom is -0.322 e. The van der Waals surface area contributed by atoms with Crippen LogP contribution in [0.5, 0.6) is 0 Å². The number of rotatable bonds is 5. The normalized spacial score (nSPS) is 12.9. The zero-order valence-electron chi connectivity index (χ0n) is 11.5. The van der Waals surface area contributed by atoms with Gasteiger partial charge in [0.2, 0.25) is 0 Å². The number of hydrogen-bond acceptors (Lipinski definition) is 4. The predicted octanol–water partition coefficient (Wildman–Crippen LogP) is 3.24. The Morgan fingerprint density at radius 1 is 1.47 bits per heavy atom. The molecular weight excluding hydrogens is 324 g/mol. The molecule has 2 N–H and O–H groups in total. The first-order chi connectivity index (χ1) is 9.06. The lowest BCUT2D eigenvalue weighted by molar-refractivity contribution is 0.580. The number of hydrogen-bond donors (Lipinski definition) is 1. The third kappa shape index (κ3) is 3.07. The summed E-state index contributed by atoms with van der Waals surface area (Å²) in [6.45, 7) is 7.07. The highest BCUT2D eigenvalue weighted by atomic mass is 79.9. The van der Waals surface area contributed by atoms with Crippen molar-refractivity contribution in [3.8, 4) is 0 Å². The zero-order chi connectivity index (χ0) is 14.0. The molecule has 0 amide bonds. The molecule has 2 heterocycles. The molecule has 1 unspecified atom stereocenters. The monoisotopic (exact) mass is 342 g/mol. The lowest BCUT2D eigenvalue weighted by atomic mass is 10.1. The van der Waals surface area contributed by atoms with E-state index in [1.54, 1.807) is 11.3 Å². The van der Waals surface area contributed by atoms with Gasteiger partial charge in [0.1, 0.15) is 0 Å². The van der Waals surface area contributed by atoms with Gasteiger partial charge < -0.3 is 5.73 Å². The quantitative estimate of drug-likeness (QED) is 0.907. The average Bonchev–Trinajstić information content (AvgIpc) is 2.95. The Bertz CT molecular complexity index is 561. The van der Waals surface area contributed by atoms with Crippen molar-refractivity contribution in [1.29, 1.82) is 0 Å². The SMILES string of the molecule is CCc1nn(CC)c(CC(N)c2csc(C)n2)c1Br. The summed E-state index contributed by atoms with van der Waals surface area (Å²) in [5, 5.41) is 7.70. The average molecular weight is 343 g/mol. The molecule has 0 radical (unpaired) electrons. The maximum atomic E-state index is 6.27. The number of nitrogens with two attached hydrogens (primary N) is 1. The Morgan fingerprint density at radius 2 is 2.21 bits per heavy atom. The Labute approximate surface area is 126 Å². The summed E-state index contributed by atoms with van der Waals surface area (Å²) in [6.07, 6.45) is 1.68. The van der Waals surface area contributed by atoms with E-state index in [0.717, 1.165) is 45.9 Å². The molecule has 0 saturated carbocycles. The number of nitrogens with zero attached hydrogens (tertiary/aromatic N) is 3. The smallest absolute Gasteiger partial charge is 0.0898 e. The molecule has 0 aromatic carbocycles. The van der Waals surface area contributed by atoms with Crippen LogP contribution in [0.1, 0.15) is 42.0 Å². The maximum Gasteiger partial charge on any atom is 0.0898 e. The standard InChI is InChI=1S/C13H19BrN4S/c1-4-10-13(14)12(18(5-2)17-10)6-9(15)11-7-19-8(3)16-11/h7,9H,4-6,15H2,1-3H3. The van der Waals surface area contributed by atoms with E-state index in [9.17, 15) is 0 Å². The van der Waals surface area contributed by atoms with E-state index in [4.69, 9.17) is 5.73 Å². The van der Waals surface area contributed by atoms with Gasteiger partial charge in [-0.05, 0) is 36.2 Å². The predicted molar refractivity (Wildman–Crippen MR) is 82.5 cm³/mol. The number of aromatic nitrogens is 3. The van der Waals surface area contributed by atoms with Gasteiger partial charge in [0.15, 0.2) is 0 Å². The van der Waals surface area contributed by atoms with Gasteiger partial charge in [0.25, 0.3) is 0 Å². The van der Waals surface area contributed by atoms with Gasteiger partial charge >= 0.3 is 0 Å². The number of halogens is 1. The third-order valence-corrected chi connectivity index (χ3v) is 4.83. The molecule has 0 aliphatic rings. The molecule has 1 atom stereocenters. The van der Waals surface area contributed by atoms with Crippen LogP contribution in [0.3, 0.4) is 0 Å². The molecule has 6 heteroatoms. The second-order valence-electron chi connectivity index (χ2n) is 4.48. The molecule has 104 valence electrons. The van der Waals surface area contributed by atoms with Gasteiger partial charge in [-0.3, -0.25) is 4.68 Å². The van der Waals surface area contributed by atoms with Crippen LogP contribution in [-0.4, -0.2) is 14.8 Å². The van der Waals surface area contributed by atoms with E-state index >= 15 is 0 Å². The largest absolute Gasteiger partial charge is 0.322 e. The van der Waals surface area contributed by atoms with E-state index in [-0.39, 0.29) is 6.04 Å². The Morgan fingerprint density at radius 3 is 2.74 bits per heavy atom. The van der Waals surface area contributed by atoms with Gasteiger partial charge in [0.05, 0.1) is 32.6 Å². The zero-order valence-corrected chi connectivity index (χ0v) is 13.9. The van der Waals surface area contributed by atoms with Crippen LogP contribution in [0.4, 0.5) is 0 Å². The summed E-state index contributed by atoms with van der Waals surface area (Å²) in [5.41, 5.74) is 9.49. The third-order valence-electron chi connectivity index (χ3n) is 3.12. The first-order valence-electron chi connectivity index (χ1n) is 6.48. The van der Waals surface area contributed by atoms with E-state index in [1.807, 2.05) is 17.0 Å². The van der Waals surface area contributed by atoms with E-state index < -0.39 is 0 Å². The Kier molecular flexibility index (Phi) is 4.76. The number of thiazole rings is 1. The lowest BCUT2D eigenvalue weighted by Crippen LogP contribution is -2.16. The summed E-state index contributed by atoms with van der Waals surface area (Å²) in [5.74, 6) is 0. The molecule has 0 aliphatic heterocycles. The van der Waals surface area contributed by atoms with Gasteiger partial charge in [-0.1, -0.05) is 6.92 Å². The van der Waals surface area contributed by atoms with Crippen LogP contribution in [0.15, 0.2) is 9.85 Å². The molecule has 0 fully saturated rings. The molecule has 0 bridgehead atoms. The second-order valence-corrected chi connectivity index (χ2v) is 6.33. The van der Waals surface area contributed by atoms with Crippen LogP contribution in [0, 0.1) is 6.92 Å². The van der Waals surface area contributed by atoms with Gasteiger partial charge in [-0.2, -0.15) is 5.10 Å². The molecule has 4 nitrogen and oxygen atoms in total. The summed E-state index contributed by atoms with van der Waals surface area (Å²) >= 11 is 5.29. The van der Waals surface area contributed by atoms with Crippen molar-refractivity contribution in [2.75, 3.05) is 0 Å². The van der Waals surface area contributed by atoms with Crippen molar-refractivity contribution in [2.45, 2.75) is 46.2 Å². The summed E-state index contributed by atoms with van der Waals surface area (Å²) in [4.78, 5) is 4.47. The second kappa shape index (κ2) is 6.15. The van der Waals surface area contributed by atoms with Gasteiger partial charge in [0, 0.05) is 18.3 Å². The molecule has 19 heavy (non-hydrogen) atoms. The lowest BCUT2D eigenvalue weighted by Gasteiger charge is -2.11. The highest BCUT2D eigenvalue weighted by molar-refractivity contribution is 9.10. The molecule has 2 rings (SSSR count). The van der Waals surface area contributed by atoms with Crippen molar-refractivity contribution in [2.24, 2.45) is 5.73 Å². The van der Waals surface area contributed by atoms with Crippen LogP contribution in [0.25, 0.3) is 0 Å². The van der Waals surface area contributed by atoms with Crippen molar-refractivity contribution in [3.63, 3.8) is 0 Å². The maximum absolute atomic E-state index is 6.27. The molecule has 0 aliphatic carbocycles. The topological polar surface area (TPSA) is 56.7 Å². The summed E-state index contributed by atoms with van der Waals surface area (Å²) < 4.78 is 3.13. The van der Waals surface area contributed by atoms with Gasteiger partial charge in [-0.15, -0.1) is 11.3 Å². The van der Waals surface area contributed by atoms with Crippen molar-refractivity contribution >= 4 is 27.3 Å². The minimum absolute atomic E-state index is 0.0760. The highest BCUT2D eigenvalue weighted by Crippen LogP contribution is 2.26. The fourth-order valence-corrected chi connectivity index (χ4v) is 3.48. The fraction of sp³-hybridized carbons (Fsp3) is 0.538.